The molecule has 4 nitrogen and oxygen atoms in total. The quantitative estimate of drug-likeness (QED) is 0.684. The van der Waals surface area contributed by atoms with Gasteiger partial charge in [0.05, 0.1) is 0 Å². The second kappa shape index (κ2) is 6.73. The van der Waals surface area contributed by atoms with Gasteiger partial charge in [-0.1, -0.05) is 19.4 Å². The Bertz CT molecular complexity index is 598. The summed E-state index contributed by atoms with van der Waals surface area (Å²) in [5.41, 5.74) is 0.540. The number of carbonyl (C=O) groups is 2. The standard InChI is InChI=1S/C19H25NO3/c1-12-8-14-6-7-18(12)16(9-14)11-20-19(22)15-4-3-5-17(10-15)23-13(2)21/h3-5,10,12,14,16,18H,6-9,11H2,1-2H3,(H,20,22)/t12-,14?,16?,18?/m1/s1. The Morgan fingerprint density at radius 3 is 2.78 bits per heavy atom. The molecule has 3 aliphatic rings. The molecule has 4 atom stereocenters. The van der Waals surface area contributed by atoms with Crippen molar-refractivity contribution in [3.63, 3.8) is 0 Å². The molecule has 4 heteroatoms. The van der Waals surface area contributed by atoms with E-state index in [0.717, 1.165) is 24.3 Å². The molecule has 0 heterocycles. The monoisotopic (exact) mass is 315 g/mol. The highest BCUT2D eigenvalue weighted by molar-refractivity contribution is 5.94. The first-order valence-electron chi connectivity index (χ1n) is 8.59. The number of nitrogens with one attached hydrogen (secondary N) is 1. The molecule has 3 aliphatic carbocycles. The minimum absolute atomic E-state index is 0.0897. The third-order valence-corrected chi connectivity index (χ3v) is 5.47. The minimum atomic E-state index is -0.380. The predicted molar refractivity (Wildman–Crippen MR) is 88.2 cm³/mol. The van der Waals surface area contributed by atoms with Crippen molar-refractivity contribution in [3.8, 4) is 5.75 Å². The van der Waals surface area contributed by atoms with Gasteiger partial charge in [0.25, 0.3) is 5.91 Å². The molecule has 3 saturated carbocycles. The minimum Gasteiger partial charge on any atom is -0.427 e. The second-order valence-corrected chi connectivity index (χ2v) is 7.15. The molecular formula is C19H25NO3. The van der Waals surface area contributed by atoms with E-state index in [1.165, 1.54) is 32.6 Å². The summed E-state index contributed by atoms with van der Waals surface area (Å²) in [4.78, 5) is 23.4. The van der Waals surface area contributed by atoms with Gasteiger partial charge in [-0.05, 0) is 61.1 Å². The number of hydrogen-bond donors (Lipinski definition) is 1. The Balaban J connectivity index is 1.58. The van der Waals surface area contributed by atoms with Crippen molar-refractivity contribution in [2.24, 2.45) is 23.7 Å². The highest BCUT2D eigenvalue weighted by Gasteiger charge is 2.39. The van der Waals surface area contributed by atoms with Gasteiger partial charge in [0.15, 0.2) is 0 Å². The van der Waals surface area contributed by atoms with Crippen LogP contribution < -0.4 is 10.1 Å². The fourth-order valence-electron chi connectivity index (χ4n) is 4.48. The number of amides is 1. The van der Waals surface area contributed by atoms with Gasteiger partial charge in [-0.15, -0.1) is 0 Å². The Kier molecular flexibility index (Phi) is 4.69. The lowest BCUT2D eigenvalue weighted by atomic mass is 9.60. The van der Waals surface area contributed by atoms with Crippen molar-refractivity contribution in [1.82, 2.24) is 5.32 Å². The number of benzene rings is 1. The van der Waals surface area contributed by atoms with Crippen molar-refractivity contribution in [2.45, 2.75) is 39.5 Å². The lowest BCUT2D eigenvalue weighted by Gasteiger charge is -2.46. The average molecular weight is 315 g/mol. The summed E-state index contributed by atoms with van der Waals surface area (Å²) < 4.78 is 5.03. The Morgan fingerprint density at radius 1 is 1.26 bits per heavy atom. The largest absolute Gasteiger partial charge is 0.427 e. The molecule has 0 saturated heterocycles. The van der Waals surface area contributed by atoms with E-state index in [2.05, 4.69) is 12.2 Å². The zero-order chi connectivity index (χ0) is 16.4. The van der Waals surface area contributed by atoms with Crippen LogP contribution in [0.5, 0.6) is 5.75 Å². The van der Waals surface area contributed by atoms with E-state index in [-0.39, 0.29) is 11.9 Å². The van der Waals surface area contributed by atoms with Gasteiger partial charge in [0.1, 0.15) is 5.75 Å². The summed E-state index contributed by atoms with van der Waals surface area (Å²) in [6.45, 7) is 4.46. The summed E-state index contributed by atoms with van der Waals surface area (Å²) in [5, 5.41) is 3.08. The first kappa shape index (κ1) is 16.0. The molecule has 1 aromatic rings. The number of hydrogen-bond acceptors (Lipinski definition) is 3. The molecule has 4 rings (SSSR count). The molecule has 0 aromatic heterocycles. The first-order chi connectivity index (χ1) is 11.0. The van der Waals surface area contributed by atoms with Gasteiger partial charge in [0.2, 0.25) is 0 Å². The molecule has 0 radical (unpaired) electrons. The molecule has 3 fully saturated rings. The van der Waals surface area contributed by atoms with Crippen LogP contribution in [0.3, 0.4) is 0 Å². The number of carbonyl (C=O) groups excluding carboxylic acids is 2. The summed E-state index contributed by atoms with van der Waals surface area (Å²) in [6, 6.07) is 6.78. The third-order valence-electron chi connectivity index (χ3n) is 5.47. The van der Waals surface area contributed by atoms with Crippen LogP contribution in [0.25, 0.3) is 0 Å². The van der Waals surface area contributed by atoms with Gasteiger partial charge in [-0.2, -0.15) is 0 Å². The van der Waals surface area contributed by atoms with E-state index in [1.807, 2.05) is 0 Å². The molecular weight excluding hydrogens is 290 g/mol. The first-order valence-corrected chi connectivity index (χ1v) is 8.59. The van der Waals surface area contributed by atoms with Crippen LogP contribution in [-0.2, 0) is 4.79 Å². The Labute approximate surface area is 137 Å². The second-order valence-electron chi connectivity index (χ2n) is 7.15. The van der Waals surface area contributed by atoms with Crippen LogP contribution in [0.1, 0.15) is 49.9 Å². The van der Waals surface area contributed by atoms with Crippen LogP contribution in [0, 0.1) is 23.7 Å². The number of ether oxygens (including phenoxy) is 1. The van der Waals surface area contributed by atoms with Gasteiger partial charge in [0, 0.05) is 19.0 Å². The lowest BCUT2D eigenvalue weighted by Crippen LogP contribution is -2.42. The maximum atomic E-state index is 12.4. The van der Waals surface area contributed by atoms with Crippen molar-refractivity contribution >= 4 is 11.9 Å². The van der Waals surface area contributed by atoms with E-state index < -0.39 is 0 Å². The third kappa shape index (κ3) is 3.74. The number of fused-ring (bicyclic) bond motifs is 3. The molecule has 3 unspecified atom stereocenters. The van der Waals surface area contributed by atoms with E-state index >= 15 is 0 Å². The molecule has 23 heavy (non-hydrogen) atoms. The molecule has 1 aromatic carbocycles. The predicted octanol–water partition coefficient (Wildman–Crippen LogP) is 3.41. The average Bonchev–Trinajstić information content (AvgIpc) is 2.52. The summed E-state index contributed by atoms with van der Waals surface area (Å²) >= 11 is 0. The van der Waals surface area contributed by atoms with Crippen LogP contribution in [0.4, 0.5) is 0 Å². The van der Waals surface area contributed by atoms with Gasteiger partial charge >= 0.3 is 5.97 Å². The van der Waals surface area contributed by atoms with E-state index in [0.29, 0.717) is 17.2 Å². The molecule has 0 aliphatic heterocycles. The smallest absolute Gasteiger partial charge is 0.308 e. The normalized spacial score (nSPS) is 29.1. The van der Waals surface area contributed by atoms with Gasteiger partial charge in [-0.3, -0.25) is 9.59 Å². The highest BCUT2D eigenvalue weighted by atomic mass is 16.5. The van der Waals surface area contributed by atoms with Gasteiger partial charge in [-0.25, -0.2) is 0 Å². The van der Waals surface area contributed by atoms with Crippen molar-refractivity contribution in [2.75, 3.05) is 6.54 Å². The molecule has 1 amide bonds. The van der Waals surface area contributed by atoms with E-state index in [1.54, 1.807) is 24.3 Å². The van der Waals surface area contributed by atoms with Crippen LogP contribution in [-0.4, -0.2) is 18.4 Å². The Hall–Kier alpha value is -1.84. The van der Waals surface area contributed by atoms with Crippen LogP contribution in [0.15, 0.2) is 24.3 Å². The van der Waals surface area contributed by atoms with E-state index in [4.69, 9.17) is 4.74 Å². The van der Waals surface area contributed by atoms with Gasteiger partial charge < -0.3 is 10.1 Å². The topological polar surface area (TPSA) is 55.4 Å². The number of esters is 1. The van der Waals surface area contributed by atoms with Crippen molar-refractivity contribution in [3.05, 3.63) is 29.8 Å². The molecule has 0 spiro atoms. The Morgan fingerprint density at radius 2 is 2.09 bits per heavy atom. The molecule has 124 valence electrons. The highest BCUT2D eigenvalue weighted by Crippen LogP contribution is 2.47. The van der Waals surface area contributed by atoms with Crippen molar-refractivity contribution < 1.29 is 14.3 Å². The fourth-order valence-corrected chi connectivity index (χ4v) is 4.48. The maximum Gasteiger partial charge on any atom is 0.308 e. The van der Waals surface area contributed by atoms with Crippen LogP contribution >= 0.6 is 0 Å². The summed E-state index contributed by atoms with van der Waals surface area (Å²) in [6.07, 6.45) is 5.29. The zero-order valence-electron chi connectivity index (χ0n) is 13.9. The summed E-state index contributed by atoms with van der Waals surface area (Å²) in [5.74, 6) is 2.95. The number of rotatable bonds is 4. The molecule has 2 bridgehead atoms. The molecule has 1 N–H and O–H groups in total. The summed E-state index contributed by atoms with van der Waals surface area (Å²) in [7, 11) is 0. The maximum absolute atomic E-state index is 12.4. The van der Waals surface area contributed by atoms with Crippen LogP contribution in [0.2, 0.25) is 0 Å². The fraction of sp³-hybridized carbons (Fsp3) is 0.579. The van der Waals surface area contributed by atoms with E-state index in [9.17, 15) is 9.59 Å². The zero-order valence-corrected chi connectivity index (χ0v) is 13.9. The lowest BCUT2D eigenvalue weighted by molar-refractivity contribution is -0.131. The van der Waals surface area contributed by atoms with Crippen molar-refractivity contribution in [1.29, 1.82) is 0 Å². The SMILES string of the molecule is CC(=O)Oc1cccc(C(=O)NCC2CC3CCC2[C@H](C)C3)c1.